The van der Waals surface area contributed by atoms with Gasteiger partial charge in [-0.05, 0) is 30.7 Å². The van der Waals surface area contributed by atoms with Crippen molar-refractivity contribution in [1.29, 1.82) is 0 Å². The van der Waals surface area contributed by atoms with Crippen molar-refractivity contribution in [3.63, 3.8) is 0 Å². The van der Waals surface area contributed by atoms with Crippen LogP contribution in [0.5, 0.6) is 0 Å². The zero-order chi connectivity index (χ0) is 18.9. The van der Waals surface area contributed by atoms with Gasteiger partial charge in [0.05, 0.1) is 5.52 Å². The van der Waals surface area contributed by atoms with Gasteiger partial charge in [-0.15, -0.1) is 0 Å². The number of H-pyrrole nitrogens is 1. The molecule has 5 rings (SSSR count). The fraction of sp³-hybridized carbons (Fsp3) is 0.217. The van der Waals surface area contributed by atoms with E-state index in [1.54, 1.807) is 0 Å². The lowest BCUT2D eigenvalue weighted by molar-refractivity contribution is 0.647. The first-order valence-corrected chi connectivity index (χ1v) is 9.76. The monoisotopic (exact) mass is 369 g/mol. The highest BCUT2D eigenvalue weighted by atomic mass is 15.3. The molecule has 1 aliphatic heterocycles. The van der Waals surface area contributed by atoms with E-state index in [4.69, 9.17) is 4.98 Å². The van der Waals surface area contributed by atoms with Crippen molar-refractivity contribution in [2.24, 2.45) is 0 Å². The van der Waals surface area contributed by atoms with Gasteiger partial charge in [0, 0.05) is 37.6 Å². The van der Waals surface area contributed by atoms with Crippen LogP contribution in [0, 0.1) is 6.92 Å². The molecule has 1 aliphatic rings. The Morgan fingerprint density at radius 1 is 0.786 bits per heavy atom. The molecule has 0 unspecified atom stereocenters. The van der Waals surface area contributed by atoms with Crippen LogP contribution in [-0.4, -0.2) is 41.1 Å². The summed E-state index contributed by atoms with van der Waals surface area (Å²) in [7, 11) is 0. The minimum Gasteiger partial charge on any atom is -0.368 e. The minimum absolute atomic E-state index is 0.812. The second kappa shape index (κ2) is 7.00. The number of aromatic amines is 1. The number of fused-ring (bicyclic) bond motifs is 1. The Kier molecular flexibility index (Phi) is 4.20. The van der Waals surface area contributed by atoms with Gasteiger partial charge in [0.15, 0.2) is 5.82 Å². The molecule has 0 saturated carbocycles. The Hall–Kier alpha value is -3.34. The maximum Gasteiger partial charge on any atom is 0.156 e. The van der Waals surface area contributed by atoms with E-state index in [2.05, 4.69) is 80.4 Å². The molecule has 0 bridgehead atoms. The highest BCUT2D eigenvalue weighted by Gasteiger charge is 2.22. The van der Waals surface area contributed by atoms with Crippen molar-refractivity contribution in [1.82, 2.24) is 15.0 Å². The van der Waals surface area contributed by atoms with Gasteiger partial charge in [-0.1, -0.05) is 48.5 Å². The number of aromatic nitrogens is 3. The van der Waals surface area contributed by atoms with E-state index in [9.17, 15) is 0 Å². The Morgan fingerprint density at radius 2 is 1.43 bits per heavy atom. The summed E-state index contributed by atoms with van der Waals surface area (Å²) in [6.07, 6.45) is 0. The van der Waals surface area contributed by atoms with Crippen LogP contribution >= 0.6 is 0 Å². The summed E-state index contributed by atoms with van der Waals surface area (Å²) in [5.74, 6) is 1.82. The predicted octanol–water partition coefficient (Wildman–Crippen LogP) is 4.26. The molecule has 1 fully saturated rings. The maximum absolute atomic E-state index is 4.79. The second-order valence-corrected chi connectivity index (χ2v) is 7.21. The van der Waals surface area contributed by atoms with Crippen molar-refractivity contribution in [3.8, 4) is 11.3 Å². The van der Waals surface area contributed by atoms with E-state index in [1.807, 2.05) is 13.0 Å². The number of nitrogens with zero attached hydrogens (tertiary/aromatic N) is 4. The first kappa shape index (κ1) is 16.8. The summed E-state index contributed by atoms with van der Waals surface area (Å²) in [4.78, 5) is 17.8. The van der Waals surface area contributed by atoms with Crippen LogP contribution in [0.25, 0.3) is 22.3 Å². The highest BCUT2D eigenvalue weighted by Crippen LogP contribution is 2.29. The van der Waals surface area contributed by atoms with Crippen molar-refractivity contribution >= 4 is 22.5 Å². The van der Waals surface area contributed by atoms with E-state index >= 15 is 0 Å². The van der Waals surface area contributed by atoms with Gasteiger partial charge in [-0.2, -0.15) is 0 Å². The van der Waals surface area contributed by atoms with E-state index in [1.165, 1.54) is 5.69 Å². The van der Waals surface area contributed by atoms with Crippen LogP contribution in [-0.2, 0) is 0 Å². The van der Waals surface area contributed by atoms with E-state index in [0.717, 1.165) is 60.1 Å². The van der Waals surface area contributed by atoms with Crippen molar-refractivity contribution in [2.45, 2.75) is 6.92 Å². The molecule has 3 heterocycles. The van der Waals surface area contributed by atoms with Crippen LogP contribution in [0.4, 0.5) is 11.5 Å². The SMILES string of the molecule is Cc1nc(N2CCN(c3ccccc3)CC2)c2[nH]c(-c3ccccc3)cc2n1. The van der Waals surface area contributed by atoms with Crippen molar-refractivity contribution < 1.29 is 0 Å². The van der Waals surface area contributed by atoms with Crippen LogP contribution in [0.15, 0.2) is 66.7 Å². The molecule has 5 nitrogen and oxygen atoms in total. The van der Waals surface area contributed by atoms with Gasteiger partial charge in [-0.25, -0.2) is 9.97 Å². The first-order chi connectivity index (χ1) is 13.8. The molecule has 1 N–H and O–H groups in total. The largest absolute Gasteiger partial charge is 0.368 e. The molecule has 0 radical (unpaired) electrons. The Balaban J connectivity index is 1.45. The lowest BCUT2D eigenvalue weighted by Crippen LogP contribution is -2.47. The molecule has 2 aromatic heterocycles. The number of piperazine rings is 1. The van der Waals surface area contributed by atoms with Gasteiger partial charge in [0.25, 0.3) is 0 Å². The van der Waals surface area contributed by atoms with Crippen LogP contribution in [0.3, 0.4) is 0 Å². The number of hydrogen-bond donors (Lipinski definition) is 1. The minimum atomic E-state index is 0.812. The number of anilines is 2. The quantitative estimate of drug-likeness (QED) is 0.586. The second-order valence-electron chi connectivity index (χ2n) is 7.21. The summed E-state index contributed by atoms with van der Waals surface area (Å²) in [5.41, 5.74) is 5.54. The molecular formula is C23H23N5. The topological polar surface area (TPSA) is 48.1 Å². The molecule has 0 atom stereocenters. The number of nitrogens with one attached hydrogen (secondary N) is 1. The number of benzene rings is 2. The number of para-hydroxylation sites is 1. The summed E-state index contributed by atoms with van der Waals surface area (Å²) in [5, 5.41) is 0. The lowest BCUT2D eigenvalue weighted by Gasteiger charge is -2.36. The maximum atomic E-state index is 4.79. The fourth-order valence-corrected chi connectivity index (χ4v) is 3.93. The Bertz CT molecular complexity index is 1080. The van der Waals surface area contributed by atoms with Gasteiger partial charge in [0.1, 0.15) is 11.3 Å². The Morgan fingerprint density at radius 3 is 2.14 bits per heavy atom. The van der Waals surface area contributed by atoms with E-state index in [-0.39, 0.29) is 0 Å². The fourth-order valence-electron chi connectivity index (χ4n) is 3.93. The standard InChI is InChI=1S/C23H23N5/c1-17-24-21-16-20(18-8-4-2-5-9-18)26-22(21)23(25-17)28-14-12-27(13-15-28)19-10-6-3-7-11-19/h2-11,16,26H,12-15H2,1H3. The summed E-state index contributed by atoms with van der Waals surface area (Å²) in [6.45, 7) is 5.83. The first-order valence-electron chi connectivity index (χ1n) is 9.76. The third kappa shape index (κ3) is 3.09. The van der Waals surface area contributed by atoms with E-state index < -0.39 is 0 Å². The van der Waals surface area contributed by atoms with E-state index in [0.29, 0.717) is 0 Å². The van der Waals surface area contributed by atoms with Gasteiger partial charge >= 0.3 is 0 Å². The van der Waals surface area contributed by atoms with Gasteiger partial charge in [0.2, 0.25) is 0 Å². The Labute approximate surface area is 164 Å². The molecule has 0 aliphatic carbocycles. The summed E-state index contributed by atoms with van der Waals surface area (Å²) < 4.78 is 0. The average Bonchev–Trinajstić information content (AvgIpc) is 3.18. The summed E-state index contributed by atoms with van der Waals surface area (Å²) >= 11 is 0. The molecule has 4 aromatic rings. The molecule has 140 valence electrons. The summed E-state index contributed by atoms with van der Waals surface area (Å²) in [6, 6.07) is 23.1. The van der Waals surface area contributed by atoms with Gasteiger partial charge in [-0.3, -0.25) is 0 Å². The van der Waals surface area contributed by atoms with Crippen LogP contribution in [0.1, 0.15) is 5.82 Å². The molecule has 1 saturated heterocycles. The number of rotatable bonds is 3. The van der Waals surface area contributed by atoms with Crippen LogP contribution < -0.4 is 9.80 Å². The lowest BCUT2D eigenvalue weighted by atomic mass is 10.2. The molecule has 0 amide bonds. The van der Waals surface area contributed by atoms with Crippen LogP contribution in [0.2, 0.25) is 0 Å². The third-order valence-electron chi connectivity index (χ3n) is 5.36. The molecule has 28 heavy (non-hydrogen) atoms. The van der Waals surface area contributed by atoms with Crippen molar-refractivity contribution in [3.05, 3.63) is 72.6 Å². The zero-order valence-corrected chi connectivity index (χ0v) is 16.0. The average molecular weight is 369 g/mol. The molecule has 0 spiro atoms. The molecular weight excluding hydrogens is 346 g/mol. The zero-order valence-electron chi connectivity index (χ0n) is 16.0. The highest BCUT2D eigenvalue weighted by molar-refractivity contribution is 5.91. The smallest absolute Gasteiger partial charge is 0.156 e. The molecule has 2 aromatic carbocycles. The van der Waals surface area contributed by atoms with Gasteiger partial charge < -0.3 is 14.8 Å². The third-order valence-corrected chi connectivity index (χ3v) is 5.36. The predicted molar refractivity (Wildman–Crippen MR) is 115 cm³/mol. The number of aryl methyl sites for hydroxylation is 1. The normalized spacial score (nSPS) is 14.6. The number of hydrogen-bond acceptors (Lipinski definition) is 4. The van der Waals surface area contributed by atoms with Crippen molar-refractivity contribution in [2.75, 3.05) is 36.0 Å². The molecule has 5 heteroatoms.